The van der Waals surface area contributed by atoms with E-state index in [0.29, 0.717) is 47.9 Å². The Bertz CT molecular complexity index is 932. The van der Waals surface area contributed by atoms with Gasteiger partial charge in [0.1, 0.15) is 11.3 Å². The van der Waals surface area contributed by atoms with Crippen molar-refractivity contribution in [1.29, 1.82) is 0 Å². The summed E-state index contributed by atoms with van der Waals surface area (Å²) in [7, 11) is 0. The number of nitrogens with zero attached hydrogens (tertiary/aromatic N) is 5. The number of aromatic amines is 1. The van der Waals surface area contributed by atoms with Crippen LogP contribution in [0.5, 0.6) is 0 Å². The average molecular weight is 455 g/mol. The van der Waals surface area contributed by atoms with Gasteiger partial charge in [0.25, 0.3) is 11.3 Å². The van der Waals surface area contributed by atoms with Crippen LogP contribution in [0.2, 0.25) is 0 Å². The van der Waals surface area contributed by atoms with Crippen LogP contribution in [0.25, 0.3) is 5.78 Å². The number of rotatable bonds is 2. The molecule has 10 heteroatoms. The first-order chi connectivity index (χ1) is 13.1. The summed E-state index contributed by atoms with van der Waals surface area (Å²) in [6.07, 6.45) is 1.03. The number of hydrogen-bond donors (Lipinski definition) is 1. The predicted molar refractivity (Wildman–Crippen MR) is 110 cm³/mol. The molecule has 28 heavy (non-hydrogen) atoms. The van der Waals surface area contributed by atoms with Gasteiger partial charge in [-0.3, -0.25) is 9.89 Å². The molecule has 0 spiro atoms. The zero-order chi connectivity index (χ0) is 20.6. The van der Waals surface area contributed by atoms with Crippen molar-refractivity contribution in [1.82, 2.24) is 24.5 Å². The van der Waals surface area contributed by atoms with Crippen LogP contribution in [0, 0.1) is 0 Å². The SMILES string of the molecule is CCc1nc2nc(Br)[nH]n2c(=O)c1N1CC[C@@H](C)N(C(=O)OC(C)(C)C)CC1. The van der Waals surface area contributed by atoms with Gasteiger partial charge < -0.3 is 14.5 Å². The third-order valence-corrected chi connectivity index (χ3v) is 5.11. The summed E-state index contributed by atoms with van der Waals surface area (Å²) >= 11 is 3.26. The Balaban J connectivity index is 1.90. The van der Waals surface area contributed by atoms with Gasteiger partial charge in [0.15, 0.2) is 4.73 Å². The largest absolute Gasteiger partial charge is 0.444 e. The van der Waals surface area contributed by atoms with E-state index in [2.05, 4.69) is 31.0 Å². The Labute approximate surface area is 172 Å². The zero-order valence-corrected chi connectivity index (χ0v) is 18.5. The van der Waals surface area contributed by atoms with Gasteiger partial charge in [0.05, 0.1) is 5.69 Å². The fraction of sp³-hybridized carbons (Fsp3) is 0.667. The lowest BCUT2D eigenvalue weighted by Gasteiger charge is -2.30. The minimum atomic E-state index is -0.542. The number of halogens is 1. The summed E-state index contributed by atoms with van der Waals surface area (Å²) in [4.78, 5) is 38.2. The van der Waals surface area contributed by atoms with Crippen LogP contribution >= 0.6 is 15.9 Å². The van der Waals surface area contributed by atoms with Crippen molar-refractivity contribution < 1.29 is 9.53 Å². The molecule has 0 radical (unpaired) electrons. The van der Waals surface area contributed by atoms with E-state index in [9.17, 15) is 9.59 Å². The van der Waals surface area contributed by atoms with E-state index in [-0.39, 0.29) is 17.7 Å². The van der Waals surface area contributed by atoms with Crippen molar-refractivity contribution in [3.8, 4) is 0 Å². The summed E-state index contributed by atoms with van der Waals surface area (Å²) in [5, 5.41) is 2.87. The molecular formula is C18H27BrN6O3. The number of amides is 1. The molecular weight excluding hydrogens is 428 g/mol. The summed E-state index contributed by atoms with van der Waals surface area (Å²) in [5.41, 5.74) is 0.551. The maximum absolute atomic E-state index is 13.1. The van der Waals surface area contributed by atoms with Crippen LogP contribution in [-0.2, 0) is 11.2 Å². The van der Waals surface area contributed by atoms with Gasteiger partial charge in [-0.15, -0.1) is 0 Å². The van der Waals surface area contributed by atoms with Crippen LogP contribution in [0.4, 0.5) is 10.5 Å². The van der Waals surface area contributed by atoms with Gasteiger partial charge in [0, 0.05) is 25.7 Å². The van der Waals surface area contributed by atoms with Gasteiger partial charge in [-0.1, -0.05) is 6.92 Å². The maximum atomic E-state index is 13.1. The molecule has 1 aliphatic heterocycles. The Morgan fingerprint density at radius 1 is 1.29 bits per heavy atom. The molecule has 3 rings (SSSR count). The standard InChI is InChI=1S/C18H27BrN6O3/c1-6-12-13(14(26)25-16(20-12)21-15(19)22-25)23-8-7-11(2)24(10-9-23)17(27)28-18(3,4)5/h11H,6-10H2,1-5H3,(H,20,21,22)/t11-/m1/s1. The Morgan fingerprint density at radius 3 is 2.64 bits per heavy atom. The summed E-state index contributed by atoms with van der Waals surface area (Å²) in [5.74, 6) is 0.344. The number of anilines is 1. The quantitative estimate of drug-likeness (QED) is 0.748. The molecule has 3 heterocycles. The summed E-state index contributed by atoms with van der Waals surface area (Å²) in [6, 6.07) is 0.0191. The van der Waals surface area contributed by atoms with E-state index in [0.717, 1.165) is 6.42 Å². The third-order valence-electron chi connectivity index (χ3n) is 4.75. The van der Waals surface area contributed by atoms with Crippen molar-refractivity contribution in [3.05, 3.63) is 20.8 Å². The zero-order valence-electron chi connectivity index (χ0n) is 17.0. The summed E-state index contributed by atoms with van der Waals surface area (Å²) in [6.45, 7) is 11.2. The minimum absolute atomic E-state index is 0.0191. The highest BCUT2D eigenvalue weighted by molar-refractivity contribution is 9.10. The molecule has 0 aromatic carbocycles. The van der Waals surface area contributed by atoms with E-state index in [1.807, 2.05) is 39.5 Å². The van der Waals surface area contributed by atoms with Gasteiger partial charge in [-0.25, -0.2) is 9.78 Å². The Morgan fingerprint density at radius 2 is 2.00 bits per heavy atom. The van der Waals surface area contributed by atoms with E-state index in [1.54, 1.807) is 4.90 Å². The molecule has 1 atom stereocenters. The smallest absolute Gasteiger partial charge is 0.410 e. The number of nitrogens with one attached hydrogen (secondary N) is 1. The lowest BCUT2D eigenvalue weighted by atomic mass is 10.2. The van der Waals surface area contributed by atoms with E-state index < -0.39 is 5.60 Å². The van der Waals surface area contributed by atoms with Crippen LogP contribution in [0.15, 0.2) is 9.53 Å². The van der Waals surface area contributed by atoms with Crippen molar-refractivity contribution in [2.45, 2.75) is 59.1 Å². The number of aromatic nitrogens is 4. The maximum Gasteiger partial charge on any atom is 0.410 e. The number of ether oxygens (including phenoxy) is 1. The highest BCUT2D eigenvalue weighted by Gasteiger charge is 2.30. The molecule has 1 aliphatic rings. The van der Waals surface area contributed by atoms with Gasteiger partial charge in [-0.2, -0.15) is 9.50 Å². The average Bonchev–Trinajstić information content (AvgIpc) is 2.86. The molecule has 1 N–H and O–H groups in total. The van der Waals surface area contributed by atoms with Crippen LogP contribution in [0.3, 0.4) is 0 Å². The first-order valence-electron chi connectivity index (χ1n) is 9.52. The highest BCUT2D eigenvalue weighted by atomic mass is 79.9. The lowest BCUT2D eigenvalue weighted by molar-refractivity contribution is 0.0191. The van der Waals surface area contributed by atoms with Crippen molar-refractivity contribution >= 4 is 33.5 Å². The first-order valence-corrected chi connectivity index (χ1v) is 10.3. The molecule has 1 amide bonds. The van der Waals surface area contributed by atoms with E-state index in [4.69, 9.17) is 4.74 Å². The molecule has 2 aromatic heterocycles. The normalized spacial score (nSPS) is 18.4. The second-order valence-electron chi connectivity index (χ2n) is 8.01. The summed E-state index contributed by atoms with van der Waals surface area (Å²) < 4.78 is 7.35. The van der Waals surface area contributed by atoms with Crippen molar-refractivity contribution in [2.24, 2.45) is 0 Å². The molecule has 0 saturated carbocycles. The lowest BCUT2D eigenvalue weighted by Crippen LogP contribution is -2.43. The highest BCUT2D eigenvalue weighted by Crippen LogP contribution is 2.21. The van der Waals surface area contributed by atoms with Crippen molar-refractivity contribution in [2.75, 3.05) is 24.5 Å². The topological polar surface area (TPSA) is 95.8 Å². The second kappa shape index (κ2) is 7.73. The second-order valence-corrected chi connectivity index (χ2v) is 8.77. The van der Waals surface area contributed by atoms with E-state index in [1.165, 1.54) is 4.52 Å². The molecule has 154 valence electrons. The van der Waals surface area contributed by atoms with Crippen molar-refractivity contribution in [3.63, 3.8) is 0 Å². The van der Waals surface area contributed by atoms with Gasteiger partial charge in [0.2, 0.25) is 0 Å². The number of hydrogen-bond acceptors (Lipinski definition) is 6. The molecule has 0 bridgehead atoms. The molecule has 0 aliphatic carbocycles. The molecule has 1 saturated heterocycles. The first kappa shape index (κ1) is 20.6. The van der Waals surface area contributed by atoms with Crippen LogP contribution in [-0.4, -0.2) is 61.9 Å². The number of H-pyrrole nitrogens is 1. The van der Waals surface area contributed by atoms with Gasteiger partial charge in [-0.05, 0) is 56.5 Å². The predicted octanol–water partition coefficient (Wildman–Crippen LogP) is 2.58. The fourth-order valence-corrected chi connectivity index (χ4v) is 3.70. The number of fused-ring (bicyclic) bond motifs is 1. The van der Waals surface area contributed by atoms with Crippen LogP contribution < -0.4 is 10.5 Å². The van der Waals surface area contributed by atoms with E-state index >= 15 is 0 Å². The number of carbonyl (C=O) groups excluding carboxylic acids is 1. The molecule has 0 unspecified atom stereocenters. The number of aryl methyl sites for hydroxylation is 1. The molecule has 9 nitrogen and oxygen atoms in total. The minimum Gasteiger partial charge on any atom is -0.444 e. The van der Waals surface area contributed by atoms with Crippen LogP contribution in [0.1, 0.15) is 46.7 Å². The monoisotopic (exact) mass is 454 g/mol. The Hall–Kier alpha value is -2.10. The third kappa shape index (κ3) is 4.16. The van der Waals surface area contributed by atoms with Gasteiger partial charge >= 0.3 is 6.09 Å². The number of carbonyl (C=O) groups is 1. The Kier molecular flexibility index (Phi) is 5.69. The molecule has 2 aromatic rings. The molecule has 1 fully saturated rings. The fourth-order valence-electron chi connectivity index (χ4n) is 3.36.